The average Bonchev–Trinajstić information content (AvgIpc) is 2.72. The lowest BCUT2D eigenvalue weighted by Crippen LogP contribution is -2.41. The molecule has 0 atom stereocenters. The number of likely N-dealkylation sites (tertiary alicyclic amines) is 1. The number of benzene rings is 1. The Morgan fingerprint density at radius 1 is 0.926 bits per heavy atom. The van der Waals surface area contributed by atoms with E-state index in [9.17, 15) is 4.79 Å². The summed E-state index contributed by atoms with van der Waals surface area (Å²) in [7, 11) is 3.25. The Morgan fingerprint density at radius 3 is 2.37 bits per heavy atom. The number of nitrogens with one attached hydrogen (secondary N) is 1. The maximum atomic E-state index is 12.7. The minimum absolute atomic E-state index is 0.0207. The molecule has 1 fully saturated rings. The lowest BCUT2D eigenvalue weighted by Gasteiger charge is -2.32. The smallest absolute Gasteiger partial charge is 0.253 e. The Morgan fingerprint density at radius 2 is 1.63 bits per heavy atom. The van der Waals surface area contributed by atoms with E-state index in [0.29, 0.717) is 11.5 Å². The summed E-state index contributed by atoms with van der Waals surface area (Å²) >= 11 is 0. The molecular weight excluding hydrogens is 342 g/mol. The van der Waals surface area contributed by atoms with Gasteiger partial charge in [-0.3, -0.25) is 9.69 Å². The number of pyridine rings is 1. The molecule has 27 heavy (non-hydrogen) atoms. The Hall–Kier alpha value is -2.05. The number of H-pyrrole nitrogens is 1. The molecule has 0 amide bonds. The molecule has 0 saturated carbocycles. The first-order chi connectivity index (χ1) is 13.2. The van der Waals surface area contributed by atoms with Gasteiger partial charge < -0.3 is 19.4 Å². The second-order valence-corrected chi connectivity index (χ2v) is 7.59. The first kappa shape index (κ1) is 18.3. The number of fused-ring (bicyclic) bond motifs is 3. The molecule has 2 aliphatic rings. The lowest BCUT2D eigenvalue weighted by molar-refractivity contribution is 0.173. The van der Waals surface area contributed by atoms with E-state index in [1.807, 2.05) is 12.1 Å². The van der Waals surface area contributed by atoms with Gasteiger partial charge >= 0.3 is 0 Å². The average molecular weight is 371 g/mol. The highest BCUT2D eigenvalue weighted by Crippen LogP contribution is 2.34. The molecule has 0 unspecified atom stereocenters. The van der Waals surface area contributed by atoms with Gasteiger partial charge in [0.05, 0.1) is 19.7 Å². The minimum Gasteiger partial charge on any atom is -0.493 e. The number of aromatic nitrogens is 1. The molecule has 146 valence electrons. The quantitative estimate of drug-likeness (QED) is 0.875. The van der Waals surface area contributed by atoms with Crippen LogP contribution in [0.2, 0.25) is 0 Å². The summed E-state index contributed by atoms with van der Waals surface area (Å²) < 4.78 is 10.8. The summed E-state index contributed by atoms with van der Waals surface area (Å²) in [6.45, 7) is 6.29. The van der Waals surface area contributed by atoms with E-state index in [-0.39, 0.29) is 5.56 Å². The number of piperidine rings is 1. The Bertz CT molecular complexity index is 871. The van der Waals surface area contributed by atoms with Crippen molar-refractivity contribution in [3.63, 3.8) is 0 Å². The van der Waals surface area contributed by atoms with Crippen LogP contribution in [0.3, 0.4) is 0 Å². The maximum absolute atomic E-state index is 12.7. The first-order valence-corrected chi connectivity index (χ1v) is 9.94. The van der Waals surface area contributed by atoms with Crippen molar-refractivity contribution >= 4 is 10.9 Å². The minimum atomic E-state index is 0.0207. The SMILES string of the molecule is COc1cc2[nH]c(=O)c3c(c2cc1OC)CCN(CCN1CCCCC1)C3. The normalized spacial score (nSPS) is 18.4. The number of rotatable bonds is 5. The fourth-order valence-corrected chi connectivity index (χ4v) is 4.41. The van der Waals surface area contributed by atoms with E-state index in [1.165, 1.54) is 32.4 Å². The topological polar surface area (TPSA) is 57.8 Å². The van der Waals surface area contributed by atoms with Crippen LogP contribution in [0.15, 0.2) is 16.9 Å². The van der Waals surface area contributed by atoms with Gasteiger partial charge in [0.2, 0.25) is 0 Å². The van der Waals surface area contributed by atoms with E-state index in [0.717, 1.165) is 54.6 Å². The largest absolute Gasteiger partial charge is 0.493 e. The summed E-state index contributed by atoms with van der Waals surface area (Å²) in [5.41, 5.74) is 2.90. The Balaban J connectivity index is 1.57. The van der Waals surface area contributed by atoms with Gasteiger partial charge in [0.1, 0.15) is 0 Å². The molecule has 2 aliphatic heterocycles. The summed E-state index contributed by atoms with van der Waals surface area (Å²) in [4.78, 5) is 20.7. The van der Waals surface area contributed by atoms with Crippen molar-refractivity contribution in [1.82, 2.24) is 14.8 Å². The van der Waals surface area contributed by atoms with Gasteiger partial charge in [-0.25, -0.2) is 0 Å². The third kappa shape index (κ3) is 3.69. The first-order valence-electron chi connectivity index (χ1n) is 9.94. The van der Waals surface area contributed by atoms with Crippen LogP contribution in [-0.4, -0.2) is 61.7 Å². The van der Waals surface area contributed by atoms with Crippen molar-refractivity contribution < 1.29 is 9.47 Å². The second-order valence-electron chi connectivity index (χ2n) is 7.59. The molecule has 1 aromatic carbocycles. The molecular formula is C21H29N3O3. The molecule has 1 saturated heterocycles. The fraction of sp³-hybridized carbons (Fsp3) is 0.571. The van der Waals surface area contributed by atoms with Crippen molar-refractivity contribution in [1.29, 1.82) is 0 Å². The van der Waals surface area contributed by atoms with Gasteiger partial charge in [-0.2, -0.15) is 0 Å². The standard InChI is InChI=1S/C21H29N3O3/c1-26-19-12-16-15-6-9-24(11-10-23-7-4-3-5-8-23)14-17(15)21(25)22-18(16)13-20(19)27-2/h12-13H,3-11,14H2,1-2H3,(H,22,25). The summed E-state index contributed by atoms with van der Waals surface area (Å²) in [6.07, 6.45) is 4.90. The number of ether oxygens (including phenoxy) is 2. The van der Waals surface area contributed by atoms with Crippen molar-refractivity contribution in [3.8, 4) is 11.5 Å². The van der Waals surface area contributed by atoms with E-state index >= 15 is 0 Å². The van der Waals surface area contributed by atoms with Gasteiger partial charge in [0.25, 0.3) is 5.56 Å². The van der Waals surface area contributed by atoms with Crippen LogP contribution < -0.4 is 15.0 Å². The Kier molecular flexibility index (Phi) is 5.36. The maximum Gasteiger partial charge on any atom is 0.253 e. The molecule has 0 radical (unpaired) electrons. The number of hydrogen-bond donors (Lipinski definition) is 1. The molecule has 6 nitrogen and oxygen atoms in total. The number of nitrogens with zero attached hydrogens (tertiary/aromatic N) is 2. The van der Waals surface area contributed by atoms with E-state index in [4.69, 9.17) is 9.47 Å². The molecule has 3 heterocycles. The van der Waals surface area contributed by atoms with Crippen LogP contribution in [0.5, 0.6) is 11.5 Å². The summed E-state index contributed by atoms with van der Waals surface area (Å²) in [6, 6.07) is 3.85. The number of aromatic amines is 1. The molecule has 0 aliphatic carbocycles. The highest BCUT2D eigenvalue weighted by Gasteiger charge is 2.23. The summed E-state index contributed by atoms with van der Waals surface area (Å²) in [5, 5.41) is 1.07. The van der Waals surface area contributed by atoms with Gasteiger partial charge in [-0.15, -0.1) is 0 Å². The van der Waals surface area contributed by atoms with Gasteiger partial charge in [0, 0.05) is 43.2 Å². The van der Waals surface area contributed by atoms with Crippen LogP contribution >= 0.6 is 0 Å². The predicted molar refractivity (Wildman–Crippen MR) is 107 cm³/mol. The summed E-state index contributed by atoms with van der Waals surface area (Å²) in [5.74, 6) is 1.34. The highest BCUT2D eigenvalue weighted by molar-refractivity contribution is 5.86. The fourth-order valence-electron chi connectivity index (χ4n) is 4.41. The van der Waals surface area contributed by atoms with Crippen molar-refractivity contribution in [2.75, 3.05) is 46.9 Å². The van der Waals surface area contributed by atoms with Crippen molar-refractivity contribution in [2.24, 2.45) is 0 Å². The zero-order chi connectivity index (χ0) is 18.8. The van der Waals surface area contributed by atoms with Crippen molar-refractivity contribution in [2.45, 2.75) is 32.2 Å². The van der Waals surface area contributed by atoms with Crippen LogP contribution in [0, 0.1) is 0 Å². The zero-order valence-electron chi connectivity index (χ0n) is 16.3. The molecule has 6 heteroatoms. The molecule has 1 N–H and O–H groups in total. The van der Waals surface area contributed by atoms with Crippen LogP contribution in [0.4, 0.5) is 0 Å². The van der Waals surface area contributed by atoms with E-state index in [2.05, 4.69) is 14.8 Å². The van der Waals surface area contributed by atoms with Gasteiger partial charge in [0.15, 0.2) is 11.5 Å². The molecule has 1 aromatic heterocycles. The molecule has 2 aromatic rings. The van der Waals surface area contributed by atoms with Gasteiger partial charge in [-0.1, -0.05) is 6.42 Å². The van der Waals surface area contributed by atoms with E-state index < -0.39 is 0 Å². The third-order valence-electron chi connectivity index (χ3n) is 5.98. The van der Waals surface area contributed by atoms with Crippen LogP contribution in [-0.2, 0) is 13.0 Å². The Labute approximate surface area is 160 Å². The molecule has 0 bridgehead atoms. The second kappa shape index (κ2) is 7.90. The highest BCUT2D eigenvalue weighted by atomic mass is 16.5. The molecule has 0 spiro atoms. The predicted octanol–water partition coefficient (Wildman–Crippen LogP) is 2.39. The van der Waals surface area contributed by atoms with Crippen LogP contribution in [0.1, 0.15) is 30.4 Å². The van der Waals surface area contributed by atoms with Gasteiger partial charge in [-0.05, 0) is 44.0 Å². The van der Waals surface area contributed by atoms with Crippen LogP contribution in [0.25, 0.3) is 10.9 Å². The number of methoxy groups -OCH3 is 2. The number of hydrogen-bond acceptors (Lipinski definition) is 5. The lowest BCUT2D eigenvalue weighted by atomic mass is 9.96. The molecule has 4 rings (SSSR count). The van der Waals surface area contributed by atoms with E-state index in [1.54, 1.807) is 14.2 Å². The van der Waals surface area contributed by atoms with Crippen molar-refractivity contribution in [3.05, 3.63) is 33.6 Å². The monoisotopic (exact) mass is 371 g/mol. The third-order valence-corrected chi connectivity index (χ3v) is 5.98. The zero-order valence-corrected chi connectivity index (χ0v) is 16.3.